The van der Waals surface area contributed by atoms with Crippen LogP contribution in [0.4, 0.5) is 0 Å². The van der Waals surface area contributed by atoms with Crippen LogP contribution in [-0.2, 0) is 17.8 Å². The first-order chi connectivity index (χ1) is 10.6. The number of halogens is 1. The molecule has 0 fully saturated rings. The molecule has 112 valence electrons. The van der Waals surface area contributed by atoms with E-state index in [-0.39, 0.29) is 12.3 Å². The maximum atomic E-state index is 12.0. The average molecular weight is 315 g/mol. The van der Waals surface area contributed by atoms with Crippen LogP contribution in [0.1, 0.15) is 17.0 Å². The standard InChI is InChI=1S/C17H15ClN2O2/c1-11-2-4-12(5-3-11)10-19-16(21)9-17-20-14-7-6-13(18)8-15(14)22-17/h2-8H,9-10H2,1H3,(H,19,21). The van der Waals surface area contributed by atoms with Crippen molar-refractivity contribution in [1.82, 2.24) is 10.3 Å². The van der Waals surface area contributed by atoms with E-state index in [1.54, 1.807) is 18.2 Å². The maximum absolute atomic E-state index is 12.0. The van der Waals surface area contributed by atoms with Gasteiger partial charge in [-0.1, -0.05) is 41.4 Å². The Morgan fingerprint density at radius 1 is 1.23 bits per heavy atom. The Kier molecular flexibility index (Phi) is 4.11. The van der Waals surface area contributed by atoms with Crippen LogP contribution in [-0.4, -0.2) is 10.9 Å². The molecule has 0 saturated heterocycles. The first-order valence-electron chi connectivity index (χ1n) is 6.97. The topological polar surface area (TPSA) is 55.1 Å². The lowest BCUT2D eigenvalue weighted by molar-refractivity contribution is -0.120. The summed E-state index contributed by atoms with van der Waals surface area (Å²) < 4.78 is 5.53. The van der Waals surface area contributed by atoms with Crippen LogP contribution in [0.15, 0.2) is 46.9 Å². The molecule has 0 unspecified atom stereocenters. The van der Waals surface area contributed by atoms with Gasteiger partial charge < -0.3 is 9.73 Å². The number of carbonyl (C=O) groups excluding carboxylic acids is 1. The first-order valence-corrected chi connectivity index (χ1v) is 7.35. The summed E-state index contributed by atoms with van der Waals surface area (Å²) in [5.41, 5.74) is 3.54. The number of carbonyl (C=O) groups is 1. The molecule has 1 heterocycles. The van der Waals surface area contributed by atoms with Gasteiger partial charge in [-0.05, 0) is 24.6 Å². The highest BCUT2D eigenvalue weighted by molar-refractivity contribution is 6.31. The van der Waals surface area contributed by atoms with Crippen molar-refractivity contribution in [3.8, 4) is 0 Å². The molecule has 0 radical (unpaired) electrons. The Morgan fingerprint density at radius 3 is 2.77 bits per heavy atom. The largest absolute Gasteiger partial charge is 0.440 e. The molecule has 3 rings (SSSR count). The number of aromatic nitrogens is 1. The number of hydrogen-bond acceptors (Lipinski definition) is 3. The van der Waals surface area contributed by atoms with E-state index in [0.29, 0.717) is 28.6 Å². The maximum Gasteiger partial charge on any atom is 0.229 e. The van der Waals surface area contributed by atoms with E-state index in [9.17, 15) is 4.79 Å². The molecule has 0 bridgehead atoms. The van der Waals surface area contributed by atoms with Crippen LogP contribution in [0.2, 0.25) is 5.02 Å². The van der Waals surface area contributed by atoms with E-state index >= 15 is 0 Å². The Balaban J connectivity index is 1.61. The van der Waals surface area contributed by atoms with Gasteiger partial charge in [0.1, 0.15) is 11.9 Å². The number of hydrogen-bond donors (Lipinski definition) is 1. The zero-order valence-electron chi connectivity index (χ0n) is 12.1. The fourth-order valence-corrected chi connectivity index (χ4v) is 2.29. The Bertz CT molecular complexity index is 809. The van der Waals surface area contributed by atoms with E-state index in [2.05, 4.69) is 10.3 Å². The van der Waals surface area contributed by atoms with Crippen molar-refractivity contribution in [2.24, 2.45) is 0 Å². The van der Waals surface area contributed by atoms with Gasteiger partial charge >= 0.3 is 0 Å². The second-order valence-corrected chi connectivity index (χ2v) is 5.60. The number of amides is 1. The van der Waals surface area contributed by atoms with Gasteiger partial charge in [0.05, 0.1) is 0 Å². The molecule has 4 nitrogen and oxygen atoms in total. The summed E-state index contributed by atoms with van der Waals surface area (Å²) in [6.07, 6.45) is 0.109. The molecular weight excluding hydrogens is 300 g/mol. The summed E-state index contributed by atoms with van der Waals surface area (Å²) in [6, 6.07) is 13.2. The lowest BCUT2D eigenvalue weighted by Crippen LogP contribution is -2.24. The molecule has 0 aliphatic rings. The van der Waals surface area contributed by atoms with Gasteiger partial charge in [-0.3, -0.25) is 4.79 Å². The fraction of sp³-hybridized carbons (Fsp3) is 0.176. The molecule has 0 spiro atoms. The highest BCUT2D eigenvalue weighted by Gasteiger charge is 2.10. The molecule has 22 heavy (non-hydrogen) atoms. The summed E-state index contributed by atoms with van der Waals surface area (Å²) in [5, 5.41) is 3.44. The molecule has 0 aliphatic carbocycles. The minimum Gasteiger partial charge on any atom is -0.440 e. The van der Waals surface area contributed by atoms with Crippen LogP contribution in [0.3, 0.4) is 0 Å². The van der Waals surface area contributed by atoms with Crippen LogP contribution in [0.5, 0.6) is 0 Å². The normalized spacial score (nSPS) is 10.8. The van der Waals surface area contributed by atoms with Crippen LogP contribution >= 0.6 is 11.6 Å². The molecule has 5 heteroatoms. The number of fused-ring (bicyclic) bond motifs is 1. The van der Waals surface area contributed by atoms with Crippen molar-refractivity contribution in [2.75, 3.05) is 0 Å². The summed E-state index contributed by atoms with van der Waals surface area (Å²) in [7, 11) is 0. The van der Waals surface area contributed by atoms with E-state index in [1.165, 1.54) is 5.56 Å². The van der Waals surface area contributed by atoms with Crippen molar-refractivity contribution >= 4 is 28.6 Å². The van der Waals surface area contributed by atoms with Gasteiger partial charge in [-0.2, -0.15) is 0 Å². The number of benzene rings is 2. The van der Waals surface area contributed by atoms with Gasteiger partial charge in [0.2, 0.25) is 11.8 Å². The molecule has 1 N–H and O–H groups in total. The molecule has 3 aromatic rings. The Hall–Kier alpha value is -2.33. The smallest absolute Gasteiger partial charge is 0.229 e. The molecule has 0 aliphatic heterocycles. The predicted octanol–water partition coefficient (Wildman–Crippen LogP) is 3.65. The number of nitrogens with zero attached hydrogens (tertiary/aromatic N) is 1. The number of oxazole rings is 1. The number of aryl methyl sites for hydroxylation is 1. The van der Waals surface area contributed by atoms with Crippen molar-refractivity contribution in [3.63, 3.8) is 0 Å². The molecule has 0 saturated carbocycles. The summed E-state index contributed by atoms with van der Waals surface area (Å²) in [5.74, 6) is 0.261. The predicted molar refractivity (Wildman–Crippen MR) is 85.7 cm³/mol. The third-order valence-electron chi connectivity index (χ3n) is 3.32. The molecule has 0 atom stereocenters. The van der Waals surface area contributed by atoms with E-state index in [4.69, 9.17) is 16.0 Å². The van der Waals surface area contributed by atoms with Crippen LogP contribution < -0.4 is 5.32 Å². The zero-order chi connectivity index (χ0) is 15.5. The summed E-state index contributed by atoms with van der Waals surface area (Å²) >= 11 is 5.90. The van der Waals surface area contributed by atoms with E-state index in [0.717, 1.165) is 5.56 Å². The number of nitrogens with one attached hydrogen (secondary N) is 1. The minimum absolute atomic E-state index is 0.109. The van der Waals surface area contributed by atoms with Crippen molar-refractivity contribution in [1.29, 1.82) is 0 Å². The highest BCUT2D eigenvalue weighted by Crippen LogP contribution is 2.20. The fourth-order valence-electron chi connectivity index (χ4n) is 2.13. The molecule has 1 aromatic heterocycles. The molecule has 2 aromatic carbocycles. The summed E-state index contributed by atoms with van der Waals surface area (Å²) in [4.78, 5) is 16.2. The zero-order valence-corrected chi connectivity index (χ0v) is 12.9. The molecule has 1 amide bonds. The third-order valence-corrected chi connectivity index (χ3v) is 3.55. The highest BCUT2D eigenvalue weighted by atomic mass is 35.5. The van der Waals surface area contributed by atoms with Gasteiger partial charge in [0.15, 0.2) is 5.58 Å². The Labute approximate surface area is 133 Å². The quantitative estimate of drug-likeness (QED) is 0.799. The monoisotopic (exact) mass is 314 g/mol. The van der Waals surface area contributed by atoms with E-state index < -0.39 is 0 Å². The second-order valence-electron chi connectivity index (χ2n) is 5.16. The summed E-state index contributed by atoms with van der Waals surface area (Å²) in [6.45, 7) is 2.52. The van der Waals surface area contributed by atoms with Crippen molar-refractivity contribution in [3.05, 3.63) is 64.5 Å². The number of rotatable bonds is 4. The Morgan fingerprint density at radius 2 is 2.00 bits per heavy atom. The lowest BCUT2D eigenvalue weighted by Gasteiger charge is -2.04. The van der Waals surface area contributed by atoms with Crippen LogP contribution in [0, 0.1) is 6.92 Å². The second kappa shape index (κ2) is 6.20. The third kappa shape index (κ3) is 3.46. The van der Waals surface area contributed by atoms with Gasteiger partial charge in [-0.15, -0.1) is 0 Å². The molecular formula is C17H15ClN2O2. The van der Waals surface area contributed by atoms with Crippen molar-refractivity contribution in [2.45, 2.75) is 19.9 Å². The van der Waals surface area contributed by atoms with Crippen LogP contribution in [0.25, 0.3) is 11.1 Å². The lowest BCUT2D eigenvalue weighted by atomic mass is 10.1. The minimum atomic E-state index is -0.127. The SMILES string of the molecule is Cc1ccc(CNC(=O)Cc2nc3ccc(Cl)cc3o2)cc1. The average Bonchev–Trinajstić information content (AvgIpc) is 2.88. The van der Waals surface area contributed by atoms with Crippen molar-refractivity contribution < 1.29 is 9.21 Å². The first kappa shape index (κ1) is 14.6. The van der Waals surface area contributed by atoms with E-state index in [1.807, 2.05) is 31.2 Å². The van der Waals surface area contributed by atoms with Gasteiger partial charge in [-0.25, -0.2) is 4.98 Å². The van der Waals surface area contributed by atoms with Gasteiger partial charge in [0, 0.05) is 17.6 Å². The van der Waals surface area contributed by atoms with Gasteiger partial charge in [0.25, 0.3) is 0 Å².